The molecule has 1 aromatic carbocycles. The molecule has 8 heteroatoms. The molecule has 2 aromatic heterocycles. The highest BCUT2D eigenvalue weighted by Crippen LogP contribution is 2.28. The van der Waals surface area contributed by atoms with Gasteiger partial charge in [-0.05, 0) is 17.9 Å². The number of anilines is 2. The van der Waals surface area contributed by atoms with Gasteiger partial charge in [0.05, 0.1) is 5.56 Å². The molecule has 3 heterocycles. The van der Waals surface area contributed by atoms with E-state index in [1.165, 1.54) is 0 Å². The number of amides is 1. The van der Waals surface area contributed by atoms with Gasteiger partial charge in [-0.25, -0.2) is 15.0 Å². The lowest BCUT2D eigenvalue weighted by Crippen LogP contribution is -2.47. The van der Waals surface area contributed by atoms with Crippen molar-refractivity contribution in [3.8, 4) is 0 Å². The first-order chi connectivity index (χ1) is 14.8. The molecule has 30 heavy (non-hydrogen) atoms. The summed E-state index contributed by atoms with van der Waals surface area (Å²) in [5, 5.41) is 4.87. The third kappa shape index (κ3) is 4.33. The van der Waals surface area contributed by atoms with Gasteiger partial charge in [-0.3, -0.25) is 4.79 Å². The van der Waals surface area contributed by atoms with Gasteiger partial charge in [-0.1, -0.05) is 24.3 Å². The molecule has 0 unspecified atom stereocenters. The fraction of sp³-hybridized carbons (Fsp3) is 0.364. The Labute approximate surface area is 175 Å². The average Bonchev–Trinajstić information content (AvgIpc) is 2.82. The van der Waals surface area contributed by atoms with Crippen LogP contribution in [0.2, 0.25) is 0 Å². The number of benzene rings is 1. The third-order valence-corrected chi connectivity index (χ3v) is 5.24. The zero-order valence-corrected chi connectivity index (χ0v) is 17.1. The first-order valence-corrected chi connectivity index (χ1v) is 10.2. The second-order valence-corrected chi connectivity index (χ2v) is 7.17. The Hall–Kier alpha value is -3.26. The summed E-state index contributed by atoms with van der Waals surface area (Å²) in [6, 6.07) is 9.79. The number of ether oxygens (including phenoxy) is 1. The molecule has 156 valence electrons. The van der Waals surface area contributed by atoms with Gasteiger partial charge in [-0.15, -0.1) is 0 Å². The monoisotopic (exact) mass is 406 g/mol. The number of aromatic nitrogens is 3. The van der Waals surface area contributed by atoms with Crippen molar-refractivity contribution in [2.24, 2.45) is 0 Å². The lowest BCUT2D eigenvalue weighted by molar-refractivity contribution is 0.0950. The number of pyridine rings is 1. The highest BCUT2D eigenvalue weighted by atomic mass is 16.5. The predicted octanol–water partition coefficient (Wildman–Crippen LogP) is 2.12. The number of piperazine rings is 1. The van der Waals surface area contributed by atoms with Gasteiger partial charge >= 0.3 is 0 Å². The molecule has 1 amide bonds. The molecular formula is C22H26N6O2. The molecule has 1 fully saturated rings. The van der Waals surface area contributed by atoms with E-state index in [1.54, 1.807) is 25.7 Å². The van der Waals surface area contributed by atoms with Crippen LogP contribution in [-0.2, 0) is 4.74 Å². The van der Waals surface area contributed by atoms with Crippen molar-refractivity contribution in [2.75, 3.05) is 56.2 Å². The number of carbonyl (C=O) groups excluding carboxylic acids is 1. The van der Waals surface area contributed by atoms with E-state index in [0.29, 0.717) is 18.7 Å². The molecule has 1 aliphatic rings. The highest BCUT2D eigenvalue weighted by molar-refractivity contribution is 6.09. The molecule has 0 radical (unpaired) electrons. The molecule has 1 aliphatic heterocycles. The molecule has 0 atom stereocenters. The minimum Gasteiger partial charge on any atom is -0.385 e. The van der Waals surface area contributed by atoms with E-state index in [0.717, 1.165) is 55.1 Å². The first kappa shape index (κ1) is 20.0. The Morgan fingerprint density at radius 1 is 1.00 bits per heavy atom. The summed E-state index contributed by atoms with van der Waals surface area (Å²) < 4.78 is 5.04. The van der Waals surface area contributed by atoms with Gasteiger partial charge in [0.2, 0.25) is 5.95 Å². The number of nitrogens with zero attached hydrogens (tertiary/aromatic N) is 5. The van der Waals surface area contributed by atoms with E-state index < -0.39 is 0 Å². The van der Waals surface area contributed by atoms with Crippen LogP contribution >= 0.6 is 0 Å². The highest BCUT2D eigenvalue weighted by Gasteiger charge is 2.22. The fourth-order valence-corrected chi connectivity index (χ4v) is 3.70. The molecule has 4 rings (SSSR count). The number of rotatable bonds is 7. The molecule has 0 saturated carbocycles. The molecular weight excluding hydrogens is 380 g/mol. The van der Waals surface area contributed by atoms with Gasteiger partial charge in [0, 0.05) is 70.4 Å². The summed E-state index contributed by atoms with van der Waals surface area (Å²) >= 11 is 0. The topological polar surface area (TPSA) is 83.5 Å². The summed E-state index contributed by atoms with van der Waals surface area (Å²) in [5.41, 5.74) is 0.600. The smallest absolute Gasteiger partial charge is 0.253 e. The summed E-state index contributed by atoms with van der Waals surface area (Å²) in [7, 11) is 1.66. The minimum absolute atomic E-state index is 0.104. The van der Waals surface area contributed by atoms with Gasteiger partial charge in [-0.2, -0.15) is 0 Å². The molecule has 0 bridgehead atoms. The second-order valence-electron chi connectivity index (χ2n) is 7.17. The quantitative estimate of drug-likeness (QED) is 0.602. The number of fused-ring (bicyclic) bond motifs is 1. The van der Waals surface area contributed by atoms with E-state index in [1.807, 2.05) is 30.3 Å². The average molecular weight is 406 g/mol. The van der Waals surface area contributed by atoms with Crippen molar-refractivity contribution in [2.45, 2.75) is 6.42 Å². The Morgan fingerprint density at radius 2 is 1.70 bits per heavy atom. The third-order valence-electron chi connectivity index (χ3n) is 5.24. The van der Waals surface area contributed by atoms with Crippen LogP contribution < -0.4 is 15.1 Å². The Morgan fingerprint density at radius 3 is 2.43 bits per heavy atom. The van der Waals surface area contributed by atoms with Crippen LogP contribution in [0.5, 0.6) is 0 Å². The first-order valence-electron chi connectivity index (χ1n) is 10.2. The van der Waals surface area contributed by atoms with Crippen LogP contribution in [0, 0.1) is 0 Å². The Balaban J connectivity index is 1.51. The summed E-state index contributed by atoms with van der Waals surface area (Å²) in [5.74, 6) is 1.57. The van der Waals surface area contributed by atoms with Crippen LogP contribution in [0.25, 0.3) is 10.8 Å². The van der Waals surface area contributed by atoms with Crippen molar-refractivity contribution >= 4 is 28.4 Å². The van der Waals surface area contributed by atoms with Gasteiger partial charge in [0.1, 0.15) is 5.82 Å². The molecule has 0 aliphatic carbocycles. The number of methoxy groups -OCH3 is 1. The van der Waals surface area contributed by atoms with E-state index in [4.69, 9.17) is 4.74 Å². The maximum absolute atomic E-state index is 12.7. The van der Waals surface area contributed by atoms with Crippen LogP contribution in [0.4, 0.5) is 11.8 Å². The van der Waals surface area contributed by atoms with Crippen LogP contribution in [-0.4, -0.2) is 67.3 Å². The Kier molecular flexibility index (Phi) is 6.34. The Bertz CT molecular complexity index is 989. The van der Waals surface area contributed by atoms with Crippen molar-refractivity contribution in [1.29, 1.82) is 0 Å². The standard InChI is InChI=1S/C22H26N6O2/c1-30-15-5-10-23-21(29)19-16-26-20(18-7-3-2-6-17(18)19)27-11-13-28(14-12-27)22-24-8-4-9-25-22/h2-4,6-9,16H,5,10-15H2,1H3,(H,23,29). The van der Waals surface area contributed by atoms with Crippen molar-refractivity contribution in [3.05, 3.63) is 54.5 Å². The largest absolute Gasteiger partial charge is 0.385 e. The SMILES string of the molecule is COCCCNC(=O)c1cnc(N2CCN(c3ncccn3)CC2)c2ccccc12. The van der Waals surface area contributed by atoms with Gasteiger partial charge in [0.25, 0.3) is 5.91 Å². The molecule has 8 nitrogen and oxygen atoms in total. The van der Waals surface area contributed by atoms with E-state index >= 15 is 0 Å². The fourth-order valence-electron chi connectivity index (χ4n) is 3.70. The molecule has 1 saturated heterocycles. The number of hydrogen-bond acceptors (Lipinski definition) is 7. The lowest BCUT2D eigenvalue weighted by atomic mass is 10.1. The van der Waals surface area contributed by atoms with Crippen molar-refractivity contribution < 1.29 is 9.53 Å². The van der Waals surface area contributed by atoms with Crippen LogP contribution in [0.15, 0.2) is 48.9 Å². The number of carbonyl (C=O) groups is 1. The molecule has 3 aromatic rings. The lowest BCUT2D eigenvalue weighted by Gasteiger charge is -2.35. The van der Waals surface area contributed by atoms with Gasteiger partial charge in [0.15, 0.2) is 0 Å². The summed E-state index contributed by atoms with van der Waals surface area (Å²) in [4.78, 5) is 30.5. The maximum Gasteiger partial charge on any atom is 0.253 e. The zero-order chi connectivity index (χ0) is 20.8. The number of hydrogen-bond donors (Lipinski definition) is 1. The molecule has 0 spiro atoms. The second kappa shape index (κ2) is 9.49. The van der Waals surface area contributed by atoms with E-state index in [2.05, 4.69) is 30.1 Å². The summed E-state index contributed by atoms with van der Waals surface area (Å²) in [6.45, 7) is 4.48. The van der Waals surface area contributed by atoms with Crippen molar-refractivity contribution in [1.82, 2.24) is 20.3 Å². The van der Waals surface area contributed by atoms with E-state index in [-0.39, 0.29) is 5.91 Å². The van der Waals surface area contributed by atoms with Crippen LogP contribution in [0.1, 0.15) is 16.8 Å². The number of nitrogens with one attached hydrogen (secondary N) is 1. The minimum atomic E-state index is -0.104. The van der Waals surface area contributed by atoms with Crippen LogP contribution in [0.3, 0.4) is 0 Å². The zero-order valence-electron chi connectivity index (χ0n) is 17.1. The maximum atomic E-state index is 12.7. The van der Waals surface area contributed by atoms with Gasteiger partial charge < -0.3 is 19.9 Å². The van der Waals surface area contributed by atoms with E-state index in [9.17, 15) is 4.79 Å². The summed E-state index contributed by atoms with van der Waals surface area (Å²) in [6.07, 6.45) is 6.00. The predicted molar refractivity (Wildman–Crippen MR) is 117 cm³/mol. The van der Waals surface area contributed by atoms with Crippen molar-refractivity contribution in [3.63, 3.8) is 0 Å². The normalized spacial score (nSPS) is 14.2. The molecule has 1 N–H and O–H groups in total.